The van der Waals surface area contributed by atoms with Gasteiger partial charge in [0.25, 0.3) is 0 Å². The summed E-state index contributed by atoms with van der Waals surface area (Å²) in [6.45, 7) is 1.31. The SMILES string of the molecule is Cn1ccn(CCNC2CCCC2)c(=O)c1=O. The van der Waals surface area contributed by atoms with Crippen LogP contribution in [0.4, 0.5) is 0 Å². The molecule has 1 heterocycles. The molecule has 1 fully saturated rings. The van der Waals surface area contributed by atoms with Gasteiger partial charge in [-0.1, -0.05) is 12.8 Å². The number of hydrogen-bond donors (Lipinski definition) is 1. The van der Waals surface area contributed by atoms with Crippen LogP contribution in [-0.4, -0.2) is 21.7 Å². The largest absolute Gasteiger partial charge is 0.316 e. The molecule has 5 heteroatoms. The van der Waals surface area contributed by atoms with Crippen molar-refractivity contribution in [3.05, 3.63) is 33.1 Å². The maximum Gasteiger partial charge on any atom is 0.316 e. The van der Waals surface area contributed by atoms with Crippen LogP contribution in [-0.2, 0) is 13.6 Å². The second-order valence-electron chi connectivity index (χ2n) is 4.65. The molecule has 0 aliphatic heterocycles. The Morgan fingerprint density at radius 3 is 2.65 bits per heavy atom. The Kier molecular flexibility index (Phi) is 3.78. The van der Waals surface area contributed by atoms with E-state index >= 15 is 0 Å². The van der Waals surface area contributed by atoms with Crippen LogP contribution >= 0.6 is 0 Å². The Bertz CT molecular complexity index is 483. The van der Waals surface area contributed by atoms with Gasteiger partial charge in [-0.2, -0.15) is 0 Å². The van der Waals surface area contributed by atoms with Gasteiger partial charge in [0.2, 0.25) is 0 Å². The number of hydrogen-bond acceptors (Lipinski definition) is 3. The maximum atomic E-state index is 11.6. The molecule has 17 heavy (non-hydrogen) atoms. The fourth-order valence-corrected chi connectivity index (χ4v) is 2.28. The quantitative estimate of drug-likeness (QED) is 0.754. The first-order chi connectivity index (χ1) is 8.18. The average Bonchev–Trinajstić information content (AvgIpc) is 2.82. The van der Waals surface area contributed by atoms with E-state index < -0.39 is 11.1 Å². The molecule has 0 atom stereocenters. The van der Waals surface area contributed by atoms with Crippen molar-refractivity contribution in [3.8, 4) is 0 Å². The molecule has 0 spiro atoms. The van der Waals surface area contributed by atoms with Gasteiger partial charge in [0.15, 0.2) is 0 Å². The Balaban J connectivity index is 1.93. The summed E-state index contributed by atoms with van der Waals surface area (Å²) in [7, 11) is 1.59. The molecule has 1 aliphatic rings. The van der Waals surface area contributed by atoms with Crippen molar-refractivity contribution >= 4 is 0 Å². The predicted octanol–water partition coefficient (Wildman–Crippen LogP) is 0.0792. The van der Waals surface area contributed by atoms with Gasteiger partial charge in [-0.05, 0) is 12.8 Å². The molecule has 0 saturated heterocycles. The molecule has 0 aromatic carbocycles. The molecule has 0 unspecified atom stereocenters. The van der Waals surface area contributed by atoms with Gasteiger partial charge in [0, 0.05) is 38.6 Å². The molecule has 1 aromatic heterocycles. The smallest absolute Gasteiger partial charge is 0.312 e. The van der Waals surface area contributed by atoms with E-state index in [0.29, 0.717) is 12.6 Å². The van der Waals surface area contributed by atoms with Gasteiger partial charge in [-0.15, -0.1) is 0 Å². The molecule has 5 nitrogen and oxygen atoms in total. The van der Waals surface area contributed by atoms with Crippen LogP contribution in [0.3, 0.4) is 0 Å². The molecule has 0 amide bonds. The molecule has 94 valence electrons. The van der Waals surface area contributed by atoms with Gasteiger partial charge in [0.1, 0.15) is 0 Å². The molecule has 0 bridgehead atoms. The van der Waals surface area contributed by atoms with Crippen molar-refractivity contribution in [1.29, 1.82) is 0 Å². The molecular weight excluding hydrogens is 218 g/mol. The number of rotatable bonds is 4. The highest BCUT2D eigenvalue weighted by Gasteiger charge is 2.13. The Morgan fingerprint density at radius 2 is 1.94 bits per heavy atom. The summed E-state index contributed by atoms with van der Waals surface area (Å²) in [4.78, 5) is 23.0. The zero-order valence-corrected chi connectivity index (χ0v) is 10.2. The summed E-state index contributed by atoms with van der Waals surface area (Å²) in [6.07, 6.45) is 8.34. The third kappa shape index (κ3) is 2.85. The fourth-order valence-electron chi connectivity index (χ4n) is 2.28. The van der Waals surface area contributed by atoms with Gasteiger partial charge in [-0.3, -0.25) is 9.59 Å². The van der Waals surface area contributed by atoms with E-state index in [1.807, 2.05) is 0 Å². The summed E-state index contributed by atoms with van der Waals surface area (Å²) < 4.78 is 2.79. The molecule has 2 rings (SSSR count). The van der Waals surface area contributed by atoms with Crippen LogP contribution < -0.4 is 16.4 Å². The molecule has 1 aromatic rings. The lowest BCUT2D eigenvalue weighted by Crippen LogP contribution is -2.41. The summed E-state index contributed by atoms with van der Waals surface area (Å²) in [5.74, 6) is 0. The minimum atomic E-state index is -0.464. The standard InChI is InChI=1S/C12H19N3O2/c1-14-8-9-15(12(17)11(14)16)7-6-13-10-4-2-3-5-10/h8-10,13H,2-7H2,1H3. The molecule has 0 radical (unpaired) electrons. The summed E-state index contributed by atoms with van der Waals surface area (Å²) in [5.41, 5.74) is -0.906. The third-order valence-electron chi connectivity index (χ3n) is 3.38. The zero-order chi connectivity index (χ0) is 12.3. The van der Waals surface area contributed by atoms with E-state index in [9.17, 15) is 9.59 Å². The monoisotopic (exact) mass is 237 g/mol. The lowest BCUT2D eigenvalue weighted by molar-refractivity contribution is 0.489. The highest BCUT2D eigenvalue weighted by atomic mass is 16.2. The number of nitrogens with zero attached hydrogens (tertiary/aromatic N) is 2. The first kappa shape index (κ1) is 12.1. The van der Waals surface area contributed by atoms with E-state index in [1.54, 1.807) is 19.4 Å². The van der Waals surface area contributed by atoms with Gasteiger partial charge >= 0.3 is 11.1 Å². The van der Waals surface area contributed by atoms with Crippen LogP contribution in [0.1, 0.15) is 25.7 Å². The Labute approximate surface area is 100 Å². The van der Waals surface area contributed by atoms with Gasteiger partial charge in [-0.25, -0.2) is 0 Å². The minimum Gasteiger partial charge on any atom is -0.312 e. The van der Waals surface area contributed by atoms with E-state index in [4.69, 9.17) is 0 Å². The van der Waals surface area contributed by atoms with Crippen molar-refractivity contribution < 1.29 is 0 Å². The van der Waals surface area contributed by atoms with E-state index in [1.165, 1.54) is 34.8 Å². The van der Waals surface area contributed by atoms with Crippen molar-refractivity contribution in [3.63, 3.8) is 0 Å². The lowest BCUT2D eigenvalue weighted by atomic mass is 10.2. The zero-order valence-electron chi connectivity index (χ0n) is 10.2. The van der Waals surface area contributed by atoms with Crippen LogP contribution in [0.5, 0.6) is 0 Å². The minimum absolute atomic E-state index is 0.441. The van der Waals surface area contributed by atoms with Crippen LogP contribution in [0.25, 0.3) is 0 Å². The second kappa shape index (κ2) is 5.31. The average molecular weight is 237 g/mol. The van der Waals surface area contributed by atoms with Crippen LogP contribution in [0.15, 0.2) is 22.0 Å². The second-order valence-corrected chi connectivity index (χ2v) is 4.65. The molecule has 1 N–H and O–H groups in total. The summed E-state index contributed by atoms with van der Waals surface area (Å²) in [5, 5.41) is 3.42. The van der Waals surface area contributed by atoms with Crippen LogP contribution in [0.2, 0.25) is 0 Å². The normalized spacial score (nSPS) is 16.5. The van der Waals surface area contributed by atoms with E-state index in [-0.39, 0.29) is 0 Å². The molecule has 1 saturated carbocycles. The summed E-state index contributed by atoms with van der Waals surface area (Å²) >= 11 is 0. The fraction of sp³-hybridized carbons (Fsp3) is 0.667. The maximum absolute atomic E-state index is 11.6. The lowest BCUT2D eigenvalue weighted by Gasteiger charge is -2.12. The van der Waals surface area contributed by atoms with Gasteiger partial charge in [0.05, 0.1) is 0 Å². The molecular formula is C12H19N3O2. The third-order valence-corrected chi connectivity index (χ3v) is 3.38. The van der Waals surface area contributed by atoms with E-state index in [0.717, 1.165) is 6.54 Å². The highest BCUT2D eigenvalue weighted by molar-refractivity contribution is 4.85. The van der Waals surface area contributed by atoms with Crippen molar-refractivity contribution in [2.75, 3.05) is 6.54 Å². The number of aryl methyl sites for hydroxylation is 1. The topological polar surface area (TPSA) is 56.0 Å². The Morgan fingerprint density at radius 1 is 1.24 bits per heavy atom. The number of nitrogens with one attached hydrogen (secondary N) is 1. The summed E-state index contributed by atoms with van der Waals surface area (Å²) in [6, 6.07) is 0.595. The highest BCUT2D eigenvalue weighted by Crippen LogP contribution is 2.17. The number of aromatic nitrogens is 2. The van der Waals surface area contributed by atoms with Gasteiger partial charge < -0.3 is 14.5 Å². The first-order valence-corrected chi connectivity index (χ1v) is 6.18. The van der Waals surface area contributed by atoms with Crippen LogP contribution in [0, 0.1) is 0 Å². The predicted molar refractivity (Wildman–Crippen MR) is 66.2 cm³/mol. The van der Waals surface area contributed by atoms with E-state index in [2.05, 4.69) is 5.32 Å². The van der Waals surface area contributed by atoms with Crippen molar-refractivity contribution in [2.24, 2.45) is 7.05 Å². The van der Waals surface area contributed by atoms with Crippen molar-refractivity contribution in [1.82, 2.24) is 14.5 Å². The van der Waals surface area contributed by atoms with Crippen molar-refractivity contribution in [2.45, 2.75) is 38.3 Å². The Hall–Kier alpha value is -1.36. The molecule has 1 aliphatic carbocycles. The first-order valence-electron chi connectivity index (χ1n) is 6.18.